The van der Waals surface area contributed by atoms with Crippen LogP contribution in [0.25, 0.3) is 11.3 Å². The van der Waals surface area contributed by atoms with Gasteiger partial charge in [-0.1, -0.05) is 41.9 Å². The molecule has 0 atom stereocenters. The van der Waals surface area contributed by atoms with Crippen molar-refractivity contribution >= 4 is 23.4 Å². The zero-order valence-corrected chi connectivity index (χ0v) is 17.0. The zero-order valence-electron chi connectivity index (χ0n) is 16.3. The van der Waals surface area contributed by atoms with Crippen LogP contribution in [0.4, 0.5) is 24.9 Å². The quantitative estimate of drug-likeness (QED) is 0.392. The average molecular weight is 453 g/mol. The molecule has 0 aliphatic heterocycles. The summed E-state index contributed by atoms with van der Waals surface area (Å²) in [5, 5.41) is 15.7. The average Bonchev–Trinajstić information content (AvgIpc) is 2.72. The number of aliphatic hydroxyl groups excluding tert-OH is 1. The number of nitrogens with one attached hydrogen (secondary N) is 2. The molecule has 3 rings (SSSR count). The van der Waals surface area contributed by atoms with Gasteiger partial charge in [0.05, 0.1) is 5.69 Å². The number of alkyl halides is 3. The number of nitrogens with zero attached hydrogens (tertiary/aromatic N) is 2. The summed E-state index contributed by atoms with van der Waals surface area (Å²) in [4.78, 5) is 8.77. The first kappa shape index (κ1) is 22.6. The van der Waals surface area contributed by atoms with Gasteiger partial charge in [0, 0.05) is 36.3 Å². The Kier molecular flexibility index (Phi) is 7.54. The van der Waals surface area contributed by atoms with Gasteiger partial charge in [-0.05, 0) is 30.2 Å². The van der Waals surface area contributed by atoms with Gasteiger partial charge in [-0.2, -0.15) is 4.98 Å². The number of hydrogen-bond acceptors (Lipinski definition) is 6. The molecule has 3 N–H and O–H groups in total. The highest BCUT2D eigenvalue weighted by Gasteiger charge is 2.31. The van der Waals surface area contributed by atoms with E-state index in [1.807, 2.05) is 18.2 Å². The second kappa shape index (κ2) is 10.3. The topological polar surface area (TPSA) is 79.3 Å². The lowest BCUT2D eigenvalue weighted by atomic mass is 10.1. The minimum absolute atomic E-state index is 0.00112. The van der Waals surface area contributed by atoms with E-state index in [4.69, 9.17) is 16.7 Å². The number of aromatic nitrogens is 2. The van der Waals surface area contributed by atoms with Crippen LogP contribution in [-0.4, -0.2) is 34.6 Å². The number of rotatable bonds is 9. The smallest absolute Gasteiger partial charge is 0.406 e. The van der Waals surface area contributed by atoms with E-state index in [0.29, 0.717) is 41.6 Å². The molecule has 31 heavy (non-hydrogen) atoms. The van der Waals surface area contributed by atoms with Crippen LogP contribution in [-0.2, 0) is 6.54 Å². The molecule has 6 nitrogen and oxygen atoms in total. The Bertz CT molecular complexity index is 1020. The minimum atomic E-state index is -4.79. The maximum Gasteiger partial charge on any atom is 0.573 e. The van der Waals surface area contributed by atoms with Crippen LogP contribution in [0, 0.1) is 0 Å². The Morgan fingerprint density at radius 1 is 1.00 bits per heavy atom. The van der Waals surface area contributed by atoms with Crippen molar-refractivity contribution in [1.82, 2.24) is 9.97 Å². The van der Waals surface area contributed by atoms with Crippen LogP contribution >= 0.6 is 11.6 Å². The van der Waals surface area contributed by atoms with E-state index >= 15 is 0 Å². The molecule has 1 heterocycles. The first-order chi connectivity index (χ1) is 14.8. The monoisotopic (exact) mass is 452 g/mol. The maximum absolute atomic E-state index is 12.6. The molecule has 0 spiro atoms. The van der Waals surface area contributed by atoms with Gasteiger partial charge >= 0.3 is 6.36 Å². The van der Waals surface area contributed by atoms with Crippen molar-refractivity contribution in [2.75, 3.05) is 23.8 Å². The standard InChI is InChI=1S/C21H20ClF3N4O2/c22-17-8-2-1-5-15(17)13-27-19-12-18(28-20(29-19)26-9-4-10-30)14-6-3-7-16(11-14)31-21(23,24)25/h1-3,5-8,11-12,30H,4,9-10,13H2,(H2,26,27,28,29). The third-order valence-corrected chi connectivity index (χ3v) is 4.49. The van der Waals surface area contributed by atoms with Crippen molar-refractivity contribution in [2.45, 2.75) is 19.3 Å². The lowest BCUT2D eigenvalue weighted by Gasteiger charge is -2.13. The predicted octanol–water partition coefficient (Wildman–Crippen LogP) is 5.10. The SMILES string of the molecule is OCCCNc1nc(NCc2ccccc2Cl)cc(-c2cccc(OC(F)(F)F)c2)n1. The molecule has 0 bridgehead atoms. The third-order valence-electron chi connectivity index (χ3n) is 4.13. The summed E-state index contributed by atoms with van der Waals surface area (Å²) in [6.07, 6.45) is -4.30. The molecule has 0 amide bonds. The van der Waals surface area contributed by atoms with Crippen molar-refractivity contribution in [3.63, 3.8) is 0 Å². The normalized spacial score (nSPS) is 11.3. The molecular formula is C21H20ClF3N4O2. The van der Waals surface area contributed by atoms with Crippen LogP contribution < -0.4 is 15.4 Å². The largest absolute Gasteiger partial charge is 0.573 e. The highest BCUT2D eigenvalue weighted by Crippen LogP contribution is 2.29. The van der Waals surface area contributed by atoms with Crippen LogP contribution in [0.1, 0.15) is 12.0 Å². The van der Waals surface area contributed by atoms with E-state index in [9.17, 15) is 13.2 Å². The fourth-order valence-electron chi connectivity index (χ4n) is 2.72. The van der Waals surface area contributed by atoms with Gasteiger partial charge in [-0.3, -0.25) is 0 Å². The molecule has 164 valence electrons. The number of hydrogen-bond donors (Lipinski definition) is 3. The highest BCUT2D eigenvalue weighted by molar-refractivity contribution is 6.31. The fourth-order valence-corrected chi connectivity index (χ4v) is 2.93. The predicted molar refractivity (Wildman–Crippen MR) is 113 cm³/mol. The molecule has 0 aliphatic carbocycles. The first-order valence-electron chi connectivity index (χ1n) is 9.41. The Morgan fingerprint density at radius 2 is 1.81 bits per heavy atom. The molecule has 2 aromatic carbocycles. The van der Waals surface area contributed by atoms with Crippen LogP contribution in [0.5, 0.6) is 5.75 Å². The van der Waals surface area contributed by atoms with Gasteiger partial charge in [0.25, 0.3) is 0 Å². The summed E-state index contributed by atoms with van der Waals surface area (Å²) in [5.74, 6) is 0.386. The van der Waals surface area contributed by atoms with Crippen molar-refractivity contribution in [2.24, 2.45) is 0 Å². The Morgan fingerprint density at radius 3 is 2.55 bits per heavy atom. The van der Waals surface area contributed by atoms with E-state index in [1.165, 1.54) is 18.2 Å². The zero-order chi connectivity index (χ0) is 22.3. The molecule has 0 unspecified atom stereocenters. The number of aliphatic hydroxyl groups is 1. The molecule has 3 aromatic rings. The van der Waals surface area contributed by atoms with E-state index in [0.717, 1.165) is 5.56 Å². The van der Waals surface area contributed by atoms with E-state index in [2.05, 4.69) is 25.3 Å². The van der Waals surface area contributed by atoms with E-state index < -0.39 is 6.36 Å². The Labute approximate surface area is 182 Å². The summed E-state index contributed by atoms with van der Waals surface area (Å²) >= 11 is 6.19. The fraction of sp³-hybridized carbons (Fsp3) is 0.238. The summed E-state index contributed by atoms with van der Waals surface area (Å²) in [7, 11) is 0. The van der Waals surface area contributed by atoms with Gasteiger partial charge in [-0.15, -0.1) is 13.2 Å². The number of halogens is 4. The van der Waals surface area contributed by atoms with Gasteiger partial charge in [0.1, 0.15) is 11.6 Å². The number of benzene rings is 2. The minimum Gasteiger partial charge on any atom is -0.406 e. The molecule has 0 saturated carbocycles. The summed E-state index contributed by atoms with van der Waals surface area (Å²) in [5.41, 5.74) is 1.69. The van der Waals surface area contributed by atoms with E-state index in [-0.39, 0.29) is 18.3 Å². The van der Waals surface area contributed by atoms with Gasteiger partial charge in [0.15, 0.2) is 0 Å². The molecule has 0 fully saturated rings. The second-order valence-electron chi connectivity index (χ2n) is 6.49. The summed E-state index contributed by atoms with van der Waals surface area (Å²) in [6, 6.07) is 14.5. The van der Waals surface area contributed by atoms with Crippen LogP contribution in [0.2, 0.25) is 5.02 Å². The first-order valence-corrected chi connectivity index (χ1v) is 9.79. The van der Waals surface area contributed by atoms with Crippen molar-refractivity contribution < 1.29 is 23.0 Å². The van der Waals surface area contributed by atoms with Crippen molar-refractivity contribution in [3.05, 3.63) is 65.2 Å². The van der Waals surface area contributed by atoms with Crippen molar-refractivity contribution in [1.29, 1.82) is 0 Å². The summed E-state index contributed by atoms with van der Waals surface area (Å²) < 4.78 is 41.7. The Balaban J connectivity index is 1.88. The molecule has 1 aromatic heterocycles. The van der Waals surface area contributed by atoms with Crippen LogP contribution in [0.3, 0.4) is 0 Å². The Hall–Kier alpha value is -3.04. The molecule has 0 aliphatic rings. The lowest BCUT2D eigenvalue weighted by Crippen LogP contribution is -2.17. The van der Waals surface area contributed by atoms with Gasteiger partial charge in [-0.25, -0.2) is 4.98 Å². The molecule has 0 saturated heterocycles. The highest BCUT2D eigenvalue weighted by atomic mass is 35.5. The molecule has 10 heteroatoms. The molecular weight excluding hydrogens is 433 g/mol. The van der Waals surface area contributed by atoms with Crippen LogP contribution in [0.15, 0.2) is 54.6 Å². The number of ether oxygens (including phenoxy) is 1. The van der Waals surface area contributed by atoms with E-state index in [1.54, 1.807) is 18.2 Å². The van der Waals surface area contributed by atoms with Gasteiger partial charge in [0.2, 0.25) is 5.95 Å². The van der Waals surface area contributed by atoms with Gasteiger partial charge < -0.3 is 20.5 Å². The number of anilines is 2. The molecule has 0 radical (unpaired) electrons. The maximum atomic E-state index is 12.6. The third kappa shape index (κ3) is 7.01. The van der Waals surface area contributed by atoms with Crippen molar-refractivity contribution in [3.8, 4) is 17.0 Å². The second-order valence-corrected chi connectivity index (χ2v) is 6.89. The lowest BCUT2D eigenvalue weighted by molar-refractivity contribution is -0.274. The summed E-state index contributed by atoms with van der Waals surface area (Å²) in [6.45, 7) is 0.825.